The van der Waals surface area contributed by atoms with Crippen molar-refractivity contribution < 1.29 is 48.0 Å². The Labute approximate surface area is 487 Å². The molecule has 1 aliphatic carbocycles. The third-order valence-corrected chi connectivity index (χ3v) is 17.9. The van der Waals surface area contributed by atoms with Gasteiger partial charge in [-0.15, -0.1) is 11.3 Å². The Balaban J connectivity index is 0.700. The van der Waals surface area contributed by atoms with E-state index in [1.807, 2.05) is 76.2 Å². The molecule has 0 spiro atoms. The molecule has 3 aromatic heterocycles. The van der Waals surface area contributed by atoms with E-state index in [1.165, 1.54) is 29.3 Å². The Morgan fingerprint density at radius 1 is 0.952 bits per heavy atom. The van der Waals surface area contributed by atoms with E-state index >= 15 is 8.78 Å². The van der Waals surface area contributed by atoms with Crippen LogP contribution in [0.5, 0.6) is 11.8 Å². The summed E-state index contributed by atoms with van der Waals surface area (Å²) in [6.07, 6.45) is 4.29. The number of carbonyl (C=O) groups excluding carboxylic acids is 3. The number of amides is 3. The number of ether oxygens (including phenoxy) is 2. The number of aromatic hydroxyl groups is 1. The van der Waals surface area contributed by atoms with Crippen LogP contribution in [0.4, 0.5) is 14.6 Å². The average molecular weight is 1160 g/mol. The number of rotatable bonds is 20. The molecule has 3 amide bonds. The second kappa shape index (κ2) is 24.6. The van der Waals surface area contributed by atoms with E-state index in [2.05, 4.69) is 35.4 Å². The van der Waals surface area contributed by atoms with Crippen LogP contribution in [0.25, 0.3) is 43.4 Å². The summed E-state index contributed by atoms with van der Waals surface area (Å²) >= 11 is 1.57. The number of aliphatic hydroxyl groups excluding tert-OH is 1. The van der Waals surface area contributed by atoms with Gasteiger partial charge in [-0.2, -0.15) is 9.97 Å². The van der Waals surface area contributed by atoms with Crippen molar-refractivity contribution in [2.24, 2.45) is 10.8 Å². The van der Waals surface area contributed by atoms with Crippen molar-refractivity contribution in [2.75, 3.05) is 83.6 Å². The van der Waals surface area contributed by atoms with Crippen molar-refractivity contribution in [1.29, 1.82) is 0 Å². The first-order valence-electron chi connectivity index (χ1n) is 29.1. The first kappa shape index (κ1) is 59.7. The highest BCUT2D eigenvalue weighted by Crippen LogP contribution is 2.47. The molecule has 0 bridgehead atoms. The van der Waals surface area contributed by atoms with E-state index in [9.17, 15) is 29.7 Å². The van der Waals surface area contributed by atoms with Crippen LogP contribution < -0.4 is 20.3 Å². The molecule has 3 aliphatic heterocycles. The fraction of sp³-hybridized carbons (Fsp3) is 0.532. The van der Waals surface area contributed by atoms with Gasteiger partial charge in [0.1, 0.15) is 40.7 Å². The van der Waals surface area contributed by atoms with Gasteiger partial charge >= 0.3 is 6.01 Å². The van der Waals surface area contributed by atoms with Crippen LogP contribution in [0, 0.1) is 29.4 Å². The summed E-state index contributed by atoms with van der Waals surface area (Å²) in [5.74, 6) is -2.03. The highest BCUT2D eigenvalue weighted by Gasteiger charge is 2.47. The quantitative estimate of drug-likeness (QED) is 0.0462. The number of halogens is 2. The Bertz CT molecular complexity index is 3350. The second-order valence-corrected chi connectivity index (χ2v) is 25.5. The van der Waals surface area contributed by atoms with Crippen molar-refractivity contribution in [3.63, 3.8) is 0 Å². The van der Waals surface area contributed by atoms with E-state index in [-0.39, 0.29) is 84.3 Å². The van der Waals surface area contributed by atoms with Gasteiger partial charge in [-0.3, -0.25) is 24.3 Å². The van der Waals surface area contributed by atoms with E-state index in [1.54, 1.807) is 24.3 Å². The number of phenolic OH excluding ortho intramolecular Hbond substituents is 1. The average Bonchev–Trinajstić information content (AvgIpc) is 3.92. The number of fused-ring (bicyclic) bond motifs is 2. The van der Waals surface area contributed by atoms with Crippen LogP contribution in [0.15, 0.2) is 60.2 Å². The van der Waals surface area contributed by atoms with Gasteiger partial charge in [-0.1, -0.05) is 58.0 Å². The molecule has 18 nitrogen and oxygen atoms in total. The third-order valence-electron chi connectivity index (χ3n) is 17.0. The molecule has 5 N–H and O–H groups in total. The maximum absolute atomic E-state index is 17.2. The number of likely N-dealkylation sites (tertiary alicyclic amines) is 1. The molecule has 3 saturated heterocycles. The van der Waals surface area contributed by atoms with Crippen LogP contribution in [0.2, 0.25) is 0 Å². The number of benzene rings is 3. The number of pyridine rings is 1. The Morgan fingerprint density at radius 3 is 2.39 bits per heavy atom. The zero-order chi connectivity index (χ0) is 59.0. The van der Waals surface area contributed by atoms with E-state index in [4.69, 9.17) is 14.5 Å². The van der Waals surface area contributed by atoms with Crippen molar-refractivity contribution >= 4 is 56.6 Å². The molecule has 0 unspecified atom stereocenters. The van der Waals surface area contributed by atoms with Gasteiger partial charge in [0.05, 0.1) is 59.0 Å². The smallest absolute Gasteiger partial charge is 0.319 e. The number of nitrogens with one attached hydrogen (secondary N) is 2. The normalized spacial score (nSPS) is 21.1. The van der Waals surface area contributed by atoms with E-state index in [0.717, 1.165) is 67.3 Å². The van der Waals surface area contributed by atoms with E-state index in [0.29, 0.717) is 73.1 Å². The minimum absolute atomic E-state index is 0.00985. The number of phenols is 1. The van der Waals surface area contributed by atoms with Crippen LogP contribution in [-0.2, 0) is 25.5 Å². The summed E-state index contributed by atoms with van der Waals surface area (Å²) < 4.78 is 44.8. The highest BCUT2D eigenvalue weighted by atomic mass is 32.1. The first-order valence-corrected chi connectivity index (χ1v) is 30.0. The molecule has 21 heteroatoms. The van der Waals surface area contributed by atoms with Gasteiger partial charge in [0, 0.05) is 88.9 Å². The number of piperidine rings is 1. The van der Waals surface area contributed by atoms with Gasteiger partial charge in [0.15, 0.2) is 5.82 Å². The zero-order valence-corrected chi connectivity index (χ0v) is 49.5. The number of hydrogen-bond donors (Lipinski definition) is 5. The van der Waals surface area contributed by atoms with Crippen molar-refractivity contribution in [1.82, 2.24) is 45.3 Å². The van der Waals surface area contributed by atoms with Gasteiger partial charge < -0.3 is 50.1 Å². The largest absolute Gasteiger partial charge is 0.508 e. The molecule has 5 atom stereocenters. The Kier molecular flexibility index (Phi) is 17.7. The molecular weight excluding hydrogens is 1080 g/mol. The standard InChI is InChI=1S/C62H78F2N10O8S/c1-8-44-47(63)15-14-41-28-42(75)29-45(50(41)44)52-51(64)53-46(31-65-52)56(73-20-9-17-61(7,80)33-73)70-59(69-53)82-35-62(18-19-62)34-72-23-21-71(22-24-72)25-27-81-26-16-49(77)68-55(60(4,5)6)58(79)74-32-43(76)30-48(74)57(78)67-37(2)39-10-12-40(13-11-39)54-38(3)66-36-83-54/h10-15,28-29,31,36-37,43,48,55,75-76,80H,8-9,16-27,30,32-35H2,1-7H3,(H,67,78)(H,68,77)/t37-,43+,48-,55+,61+/m0/s1. The minimum atomic E-state index is -0.994. The fourth-order valence-electron chi connectivity index (χ4n) is 12.0. The number of piperazine rings is 1. The fourth-order valence-corrected chi connectivity index (χ4v) is 12.9. The Hall–Kier alpha value is -6.49. The maximum atomic E-state index is 17.2. The van der Waals surface area contributed by atoms with Crippen LogP contribution in [0.1, 0.15) is 103 Å². The van der Waals surface area contributed by atoms with Crippen LogP contribution in [0.3, 0.4) is 0 Å². The van der Waals surface area contributed by atoms with Crippen molar-refractivity contribution in [3.8, 4) is 33.5 Å². The molecule has 6 aromatic rings. The number of thiazole rings is 1. The zero-order valence-electron chi connectivity index (χ0n) is 48.6. The molecular formula is C62H78F2N10O8S. The molecule has 4 fully saturated rings. The topological polar surface area (TPSA) is 219 Å². The molecule has 83 heavy (non-hydrogen) atoms. The molecule has 6 heterocycles. The van der Waals surface area contributed by atoms with E-state index < -0.39 is 46.7 Å². The molecule has 10 rings (SSSR count). The number of carbonyl (C=O) groups is 3. The second-order valence-electron chi connectivity index (χ2n) is 24.7. The lowest BCUT2D eigenvalue weighted by atomic mass is 9.85. The Morgan fingerprint density at radius 2 is 1.70 bits per heavy atom. The summed E-state index contributed by atoms with van der Waals surface area (Å²) in [5.41, 5.74) is 3.41. The number of anilines is 1. The number of aliphatic hydroxyl groups is 2. The molecule has 0 radical (unpaired) electrons. The number of hydrogen-bond acceptors (Lipinski definition) is 16. The minimum Gasteiger partial charge on any atom is -0.508 e. The summed E-state index contributed by atoms with van der Waals surface area (Å²) in [6, 6.07) is 11.6. The number of aryl methyl sites for hydroxylation is 2. The molecule has 1 saturated carbocycles. The van der Waals surface area contributed by atoms with Crippen LogP contribution >= 0.6 is 11.3 Å². The molecule has 444 valence electrons. The van der Waals surface area contributed by atoms with Crippen LogP contribution in [-0.4, -0.2) is 170 Å². The monoisotopic (exact) mass is 1160 g/mol. The van der Waals surface area contributed by atoms with Gasteiger partial charge in [0.25, 0.3) is 0 Å². The van der Waals surface area contributed by atoms with Crippen molar-refractivity contribution in [3.05, 3.63) is 88.7 Å². The lowest BCUT2D eigenvalue weighted by Crippen LogP contribution is -2.58. The summed E-state index contributed by atoms with van der Waals surface area (Å²) in [6.45, 7) is 19.6. The molecule has 4 aliphatic rings. The number of aromatic nitrogens is 4. The predicted molar refractivity (Wildman–Crippen MR) is 315 cm³/mol. The first-order chi connectivity index (χ1) is 39.6. The van der Waals surface area contributed by atoms with Gasteiger partial charge in [0.2, 0.25) is 17.7 Å². The SMILES string of the molecule is CCc1c(F)ccc2cc(O)cc(-c3ncc4c(N5CCC[C@@](C)(O)C5)nc(OCC5(CN6CCN(CCOCCC(=O)N[C@H](C(=O)N7C[C@H](O)C[C@H]7C(=O)N[C@@H](C)c7ccc(-c8scnc8C)cc7)C(C)(C)C)CC6)CC5)nc4c3F)c12. The summed E-state index contributed by atoms with van der Waals surface area (Å²) in [7, 11) is 0. The highest BCUT2D eigenvalue weighted by molar-refractivity contribution is 7.13. The third kappa shape index (κ3) is 13.6. The van der Waals surface area contributed by atoms with Gasteiger partial charge in [-0.25, -0.2) is 13.8 Å². The lowest BCUT2D eigenvalue weighted by Gasteiger charge is -2.38. The maximum Gasteiger partial charge on any atom is 0.319 e. The number of β-amino-alcohol motifs (C(OH)–C–C–N with tert-alkyl or cyclic N) is 2. The summed E-state index contributed by atoms with van der Waals surface area (Å²) in [4.78, 5) is 69.0. The van der Waals surface area contributed by atoms with Gasteiger partial charge in [-0.05, 0) is 104 Å². The molecule has 3 aromatic carbocycles. The summed E-state index contributed by atoms with van der Waals surface area (Å²) in [5, 5.41) is 39.9. The lowest BCUT2D eigenvalue weighted by molar-refractivity contribution is -0.144. The predicted octanol–water partition coefficient (Wildman–Crippen LogP) is 7.73. The number of nitrogens with zero attached hydrogens (tertiary/aromatic N) is 8. The van der Waals surface area contributed by atoms with Crippen molar-refractivity contribution in [2.45, 2.75) is 123 Å².